The highest BCUT2D eigenvalue weighted by molar-refractivity contribution is 5.97. The molecular weight excluding hydrogens is 236 g/mol. The van der Waals surface area contributed by atoms with E-state index in [1.165, 1.54) is 5.56 Å². The molecule has 0 unspecified atom stereocenters. The lowest BCUT2D eigenvalue weighted by Crippen LogP contribution is -2.11. The minimum absolute atomic E-state index is 0.0156. The lowest BCUT2D eigenvalue weighted by Gasteiger charge is -2.06. The summed E-state index contributed by atoms with van der Waals surface area (Å²) in [6, 6.07) is 17.2. The Kier molecular flexibility index (Phi) is 4.73. The number of benzene rings is 2. The van der Waals surface area contributed by atoms with Gasteiger partial charge in [-0.25, -0.2) is 0 Å². The number of para-hydroxylation sites is 1. The van der Waals surface area contributed by atoms with Crippen LogP contribution in [0.2, 0.25) is 0 Å². The van der Waals surface area contributed by atoms with Crippen molar-refractivity contribution in [2.45, 2.75) is 19.8 Å². The van der Waals surface area contributed by atoms with Gasteiger partial charge >= 0.3 is 0 Å². The average molecular weight is 254 g/mol. The number of carbonyl (C=O) groups excluding carboxylic acids is 1. The average Bonchev–Trinajstić information content (AvgIpc) is 2.46. The third kappa shape index (κ3) is 3.95. The van der Waals surface area contributed by atoms with Crippen LogP contribution in [0, 0.1) is 0 Å². The number of ether oxygens (including phenoxy) is 1. The molecule has 0 amide bonds. The third-order valence-corrected chi connectivity index (χ3v) is 2.90. The molecule has 0 bridgehead atoms. The molecule has 2 aromatic carbocycles. The minimum Gasteiger partial charge on any atom is -0.485 e. The summed E-state index contributed by atoms with van der Waals surface area (Å²) < 4.78 is 5.47. The zero-order chi connectivity index (χ0) is 13.5. The van der Waals surface area contributed by atoms with Crippen LogP contribution in [0.5, 0.6) is 5.75 Å². The molecule has 2 nitrogen and oxygen atoms in total. The standard InChI is InChI=1S/C17H18O2/c1-2-7-14-8-6-9-15(12-14)17(18)13-19-16-10-4-3-5-11-16/h3-6,8-12H,2,7,13H2,1H3. The number of aryl methyl sites for hydroxylation is 1. The van der Waals surface area contributed by atoms with Crippen molar-refractivity contribution in [1.82, 2.24) is 0 Å². The van der Waals surface area contributed by atoms with Gasteiger partial charge in [-0.2, -0.15) is 0 Å². The zero-order valence-electron chi connectivity index (χ0n) is 11.1. The van der Waals surface area contributed by atoms with E-state index in [0.29, 0.717) is 0 Å². The van der Waals surface area contributed by atoms with Gasteiger partial charge in [-0.05, 0) is 30.2 Å². The molecule has 2 heteroatoms. The highest BCUT2D eigenvalue weighted by atomic mass is 16.5. The fourth-order valence-electron chi connectivity index (χ4n) is 1.94. The molecule has 0 atom stereocenters. The first-order valence-electron chi connectivity index (χ1n) is 6.59. The molecule has 19 heavy (non-hydrogen) atoms. The van der Waals surface area contributed by atoms with Crippen molar-refractivity contribution >= 4 is 5.78 Å². The molecule has 98 valence electrons. The molecule has 0 saturated carbocycles. The summed E-state index contributed by atoms with van der Waals surface area (Å²) in [5.74, 6) is 0.738. The second-order valence-electron chi connectivity index (χ2n) is 4.48. The van der Waals surface area contributed by atoms with Crippen molar-refractivity contribution in [3.63, 3.8) is 0 Å². The highest BCUT2D eigenvalue weighted by Crippen LogP contribution is 2.11. The number of carbonyl (C=O) groups is 1. The molecular formula is C17H18O2. The summed E-state index contributed by atoms with van der Waals surface area (Å²) in [5, 5.41) is 0. The quantitative estimate of drug-likeness (QED) is 0.731. The van der Waals surface area contributed by atoms with Gasteiger partial charge in [0.15, 0.2) is 12.4 Å². The molecule has 0 spiro atoms. The Labute approximate surface area is 114 Å². The van der Waals surface area contributed by atoms with E-state index >= 15 is 0 Å². The predicted octanol–water partition coefficient (Wildman–Crippen LogP) is 3.90. The molecule has 0 heterocycles. The first-order chi connectivity index (χ1) is 9.29. The molecule has 2 aromatic rings. The van der Waals surface area contributed by atoms with Crippen LogP contribution in [-0.4, -0.2) is 12.4 Å². The van der Waals surface area contributed by atoms with E-state index < -0.39 is 0 Å². The van der Waals surface area contributed by atoms with E-state index in [9.17, 15) is 4.79 Å². The Balaban J connectivity index is 1.98. The maximum atomic E-state index is 12.0. The second-order valence-corrected chi connectivity index (χ2v) is 4.48. The van der Waals surface area contributed by atoms with Gasteiger partial charge in [0.25, 0.3) is 0 Å². The van der Waals surface area contributed by atoms with Crippen molar-refractivity contribution in [3.05, 3.63) is 65.7 Å². The van der Waals surface area contributed by atoms with E-state index in [-0.39, 0.29) is 12.4 Å². The van der Waals surface area contributed by atoms with E-state index in [1.807, 2.05) is 48.5 Å². The smallest absolute Gasteiger partial charge is 0.200 e. The minimum atomic E-state index is 0.0156. The number of Topliss-reactive ketones (excluding diaryl/α,β-unsaturated/α-hetero) is 1. The lowest BCUT2D eigenvalue weighted by molar-refractivity contribution is 0.0921. The van der Waals surface area contributed by atoms with Crippen molar-refractivity contribution in [2.75, 3.05) is 6.61 Å². The third-order valence-electron chi connectivity index (χ3n) is 2.90. The Hall–Kier alpha value is -2.09. The Bertz CT molecular complexity index is 532. The van der Waals surface area contributed by atoms with Crippen LogP contribution in [-0.2, 0) is 6.42 Å². The van der Waals surface area contributed by atoms with Gasteiger partial charge in [-0.15, -0.1) is 0 Å². The molecule has 0 N–H and O–H groups in total. The topological polar surface area (TPSA) is 26.3 Å². The first kappa shape index (κ1) is 13.3. The molecule has 0 aliphatic rings. The summed E-state index contributed by atoms with van der Waals surface area (Å²) in [5.41, 5.74) is 1.93. The van der Waals surface area contributed by atoms with Crippen LogP contribution in [0.25, 0.3) is 0 Å². The number of hydrogen-bond donors (Lipinski definition) is 0. The van der Waals surface area contributed by atoms with E-state index in [2.05, 4.69) is 13.0 Å². The largest absolute Gasteiger partial charge is 0.485 e. The second kappa shape index (κ2) is 6.74. The molecule has 0 aliphatic heterocycles. The van der Waals surface area contributed by atoms with Crippen molar-refractivity contribution in [2.24, 2.45) is 0 Å². The molecule has 0 aliphatic carbocycles. The molecule has 0 radical (unpaired) electrons. The van der Waals surface area contributed by atoms with Crippen LogP contribution in [0.15, 0.2) is 54.6 Å². The van der Waals surface area contributed by atoms with Crippen LogP contribution in [0.1, 0.15) is 29.3 Å². The summed E-state index contributed by atoms with van der Waals surface area (Å²) >= 11 is 0. The van der Waals surface area contributed by atoms with E-state index in [4.69, 9.17) is 4.74 Å². The van der Waals surface area contributed by atoms with E-state index in [1.54, 1.807) is 0 Å². The molecule has 2 rings (SSSR count). The van der Waals surface area contributed by atoms with Crippen LogP contribution < -0.4 is 4.74 Å². The van der Waals surface area contributed by atoms with Gasteiger partial charge in [0.05, 0.1) is 0 Å². The van der Waals surface area contributed by atoms with Gasteiger partial charge in [-0.3, -0.25) is 4.79 Å². The summed E-state index contributed by atoms with van der Waals surface area (Å²) in [7, 11) is 0. The fourth-order valence-corrected chi connectivity index (χ4v) is 1.94. The Morgan fingerprint density at radius 2 is 1.84 bits per heavy atom. The van der Waals surface area contributed by atoms with E-state index in [0.717, 1.165) is 24.2 Å². The van der Waals surface area contributed by atoms with Crippen LogP contribution in [0.4, 0.5) is 0 Å². The maximum absolute atomic E-state index is 12.0. The lowest BCUT2D eigenvalue weighted by atomic mass is 10.0. The summed E-state index contributed by atoms with van der Waals surface area (Å²) in [6.45, 7) is 2.21. The molecule has 0 aromatic heterocycles. The molecule has 0 saturated heterocycles. The van der Waals surface area contributed by atoms with Crippen molar-refractivity contribution in [3.8, 4) is 5.75 Å². The normalized spacial score (nSPS) is 10.2. The Morgan fingerprint density at radius 3 is 2.58 bits per heavy atom. The SMILES string of the molecule is CCCc1cccc(C(=O)COc2ccccc2)c1. The fraction of sp³-hybridized carbons (Fsp3) is 0.235. The van der Waals surface area contributed by atoms with Crippen molar-refractivity contribution in [1.29, 1.82) is 0 Å². The summed E-state index contributed by atoms with van der Waals surface area (Å²) in [6.07, 6.45) is 2.08. The first-order valence-corrected chi connectivity index (χ1v) is 6.59. The van der Waals surface area contributed by atoms with Gasteiger partial charge in [0.2, 0.25) is 0 Å². The zero-order valence-corrected chi connectivity index (χ0v) is 11.1. The van der Waals surface area contributed by atoms with Gasteiger partial charge in [0, 0.05) is 5.56 Å². The van der Waals surface area contributed by atoms with Gasteiger partial charge < -0.3 is 4.74 Å². The number of hydrogen-bond acceptors (Lipinski definition) is 2. The maximum Gasteiger partial charge on any atom is 0.200 e. The summed E-state index contributed by atoms with van der Waals surface area (Å²) in [4.78, 5) is 12.0. The van der Waals surface area contributed by atoms with Gasteiger partial charge in [0.1, 0.15) is 5.75 Å². The monoisotopic (exact) mass is 254 g/mol. The highest BCUT2D eigenvalue weighted by Gasteiger charge is 2.07. The molecule has 0 fully saturated rings. The Morgan fingerprint density at radius 1 is 1.05 bits per heavy atom. The van der Waals surface area contributed by atoms with Crippen molar-refractivity contribution < 1.29 is 9.53 Å². The van der Waals surface area contributed by atoms with Crippen LogP contribution in [0.3, 0.4) is 0 Å². The number of ketones is 1. The van der Waals surface area contributed by atoms with Crippen LogP contribution >= 0.6 is 0 Å². The van der Waals surface area contributed by atoms with Gasteiger partial charge in [-0.1, -0.05) is 49.7 Å². The predicted molar refractivity (Wildman–Crippen MR) is 76.7 cm³/mol. The number of rotatable bonds is 6.